The summed E-state index contributed by atoms with van der Waals surface area (Å²) >= 11 is 0. The van der Waals surface area contributed by atoms with Crippen molar-refractivity contribution in [3.63, 3.8) is 0 Å². The SMILES string of the molecule is CNc1ncnc(N(CCOC)CC(C)C)c1C. The molecule has 0 spiro atoms. The van der Waals surface area contributed by atoms with Crippen LogP contribution in [0.3, 0.4) is 0 Å². The van der Waals surface area contributed by atoms with E-state index in [1.807, 2.05) is 14.0 Å². The Morgan fingerprint density at radius 3 is 2.67 bits per heavy atom. The fourth-order valence-electron chi connectivity index (χ4n) is 1.94. The van der Waals surface area contributed by atoms with Gasteiger partial charge in [0, 0.05) is 32.8 Å². The van der Waals surface area contributed by atoms with Crippen LogP contribution in [-0.4, -0.2) is 43.8 Å². The number of ether oxygens (including phenoxy) is 1. The number of rotatable bonds is 7. The average molecular weight is 252 g/mol. The zero-order chi connectivity index (χ0) is 13.5. The van der Waals surface area contributed by atoms with E-state index < -0.39 is 0 Å². The monoisotopic (exact) mass is 252 g/mol. The van der Waals surface area contributed by atoms with Gasteiger partial charge in [-0.05, 0) is 12.8 Å². The Morgan fingerprint density at radius 2 is 2.11 bits per heavy atom. The van der Waals surface area contributed by atoms with Gasteiger partial charge in [-0.3, -0.25) is 0 Å². The molecule has 0 bridgehead atoms. The molecule has 1 aromatic heterocycles. The molecule has 1 rings (SSSR count). The van der Waals surface area contributed by atoms with Gasteiger partial charge in [0.1, 0.15) is 18.0 Å². The average Bonchev–Trinajstić information content (AvgIpc) is 2.34. The maximum Gasteiger partial charge on any atom is 0.137 e. The van der Waals surface area contributed by atoms with Crippen LogP contribution in [0.5, 0.6) is 0 Å². The molecule has 5 nitrogen and oxygen atoms in total. The standard InChI is InChI=1S/C13H24N4O/c1-10(2)8-17(6-7-18-5)13-11(3)12(14-4)15-9-16-13/h9-10H,6-8H2,1-5H3,(H,14,15,16). The molecule has 0 unspecified atom stereocenters. The van der Waals surface area contributed by atoms with Crippen molar-refractivity contribution < 1.29 is 4.74 Å². The van der Waals surface area contributed by atoms with Crippen molar-refractivity contribution in [2.75, 3.05) is 44.1 Å². The van der Waals surface area contributed by atoms with Gasteiger partial charge in [-0.1, -0.05) is 13.8 Å². The second-order valence-corrected chi connectivity index (χ2v) is 4.75. The van der Waals surface area contributed by atoms with Gasteiger partial charge in [-0.25, -0.2) is 9.97 Å². The minimum atomic E-state index is 0.578. The number of nitrogens with one attached hydrogen (secondary N) is 1. The third-order valence-corrected chi connectivity index (χ3v) is 2.74. The van der Waals surface area contributed by atoms with E-state index >= 15 is 0 Å². The van der Waals surface area contributed by atoms with E-state index in [0.29, 0.717) is 12.5 Å². The second-order valence-electron chi connectivity index (χ2n) is 4.75. The number of anilines is 2. The molecule has 0 aliphatic carbocycles. The maximum atomic E-state index is 5.17. The molecule has 0 saturated heterocycles. The summed E-state index contributed by atoms with van der Waals surface area (Å²) in [5, 5.41) is 3.09. The fraction of sp³-hybridized carbons (Fsp3) is 0.692. The molecular formula is C13H24N4O. The summed E-state index contributed by atoms with van der Waals surface area (Å²) in [5.41, 5.74) is 1.08. The Labute approximate surface area is 110 Å². The van der Waals surface area contributed by atoms with Crippen LogP contribution in [0.25, 0.3) is 0 Å². The van der Waals surface area contributed by atoms with Gasteiger partial charge in [-0.15, -0.1) is 0 Å². The van der Waals surface area contributed by atoms with Gasteiger partial charge in [0.05, 0.1) is 6.61 Å². The Morgan fingerprint density at radius 1 is 1.39 bits per heavy atom. The molecule has 0 radical (unpaired) electrons. The predicted molar refractivity (Wildman–Crippen MR) is 75.2 cm³/mol. The van der Waals surface area contributed by atoms with Crippen LogP contribution < -0.4 is 10.2 Å². The molecule has 5 heteroatoms. The Bertz CT molecular complexity index is 368. The van der Waals surface area contributed by atoms with E-state index in [1.54, 1.807) is 13.4 Å². The number of hydrogen-bond donors (Lipinski definition) is 1. The third kappa shape index (κ3) is 3.84. The van der Waals surface area contributed by atoms with Crippen LogP contribution in [0.15, 0.2) is 6.33 Å². The summed E-state index contributed by atoms with van der Waals surface area (Å²) in [5.74, 6) is 2.44. The largest absolute Gasteiger partial charge is 0.383 e. The highest BCUT2D eigenvalue weighted by Crippen LogP contribution is 2.22. The van der Waals surface area contributed by atoms with Crippen molar-refractivity contribution in [1.29, 1.82) is 0 Å². The minimum Gasteiger partial charge on any atom is -0.383 e. The lowest BCUT2D eigenvalue weighted by Gasteiger charge is -2.27. The summed E-state index contributed by atoms with van der Waals surface area (Å²) in [6.45, 7) is 8.96. The van der Waals surface area contributed by atoms with Crippen molar-refractivity contribution in [1.82, 2.24) is 9.97 Å². The highest BCUT2D eigenvalue weighted by atomic mass is 16.5. The summed E-state index contributed by atoms with van der Waals surface area (Å²) in [6.07, 6.45) is 1.61. The molecule has 0 aliphatic rings. The number of hydrogen-bond acceptors (Lipinski definition) is 5. The highest BCUT2D eigenvalue weighted by Gasteiger charge is 2.14. The van der Waals surface area contributed by atoms with Crippen LogP contribution in [0.4, 0.5) is 11.6 Å². The van der Waals surface area contributed by atoms with Gasteiger partial charge in [0.25, 0.3) is 0 Å². The van der Waals surface area contributed by atoms with Gasteiger partial charge < -0.3 is 15.0 Å². The van der Waals surface area contributed by atoms with E-state index in [4.69, 9.17) is 4.74 Å². The zero-order valence-electron chi connectivity index (χ0n) is 12.0. The van der Waals surface area contributed by atoms with Gasteiger partial charge >= 0.3 is 0 Å². The van der Waals surface area contributed by atoms with Gasteiger partial charge in [0.2, 0.25) is 0 Å². The van der Waals surface area contributed by atoms with Crippen LogP contribution in [0, 0.1) is 12.8 Å². The molecular weight excluding hydrogens is 228 g/mol. The van der Waals surface area contributed by atoms with Crippen LogP contribution in [-0.2, 0) is 4.74 Å². The van der Waals surface area contributed by atoms with Crippen LogP contribution in [0.2, 0.25) is 0 Å². The molecule has 0 atom stereocenters. The van der Waals surface area contributed by atoms with Crippen molar-refractivity contribution >= 4 is 11.6 Å². The second kappa shape index (κ2) is 7.16. The molecule has 102 valence electrons. The quantitative estimate of drug-likeness (QED) is 0.803. The van der Waals surface area contributed by atoms with Crippen molar-refractivity contribution in [3.8, 4) is 0 Å². The Kier molecular flexibility index (Phi) is 5.85. The first-order valence-corrected chi connectivity index (χ1v) is 6.33. The van der Waals surface area contributed by atoms with Crippen molar-refractivity contribution in [3.05, 3.63) is 11.9 Å². The summed E-state index contributed by atoms with van der Waals surface area (Å²) in [6, 6.07) is 0. The van der Waals surface area contributed by atoms with Crippen molar-refractivity contribution in [2.45, 2.75) is 20.8 Å². The molecule has 1 aromatic rings. The van der Waals surface area contributed by atoms with E-state index in [0.717, 1.165) is 30.3 Å². The van der Waals surface area contributed by atoms with Crippen LogP contribution in [0.1, 0.15) is 19.4 Å². The lowest BCUT2D eigenvalue weighted by molar-refractivity contribution is 0.204. The van der Waals surface area contributed by atoms with Gasteiger partial charge in [0.15, 0.2) is 0 Å². The summed E-state index contributed by atoms with van der Waals surface area (Å²) in [7, 11) is 3.60. The molecule has 0 fully saturated rings. The molecule has 1 heterocycles. The highest BCUT2D eigenvalue weighted by molar-refractivity contribution is 5.57. The van der Waals surface area contributed by atoms with Crippen molar-refractivity contribution in [2.24, 2.45) is 5.92 Å². The normalized spacial score (nSPS) is 10.8. The molecule has 0 saturated carbocycles. The number of aromatic nitrogens is 2. The van der Waals surface area contributed by atoms with Crippen LogP contribution >= 0.6 is 0 Å². The number of methoxy groups -OCH3 is 1. The first kappa shape index (κ1) is 14.7. The summed E-state index contributed by atoms with van der Waals surface area (Å²) < 4.78 is 5.17. The van der Waals surface area contributed by atoms with E-state index in [2.05, 4.69) is 34.0 Å². The minimum absolute atomic E-state index is 0.578. The zero-order valence-corrected chi connectivity index (χ0v) is 12.0. The molecule has 0 amide bonds. The maximum absolute atomic E-state index is 5.17. The predicted octanol–water partition coefficient (Wildman–Crippen LogP) is 1.94. The summed E-state index contributed by atoms with van der Waals surface area (Å²) in [4.78, 5) is 10.9. The lowest BCUT2D eigenvalue weighted by atomic mass is 10.2. The first-order valence-electron chi connectivity index (χ1n) is 6.33. The van der Waals surface area contributed by atoms with Gasteiger partial charge in [-0.2, -0.15) is 0 Å². The smallest absolute Gasteiger partial charge is 0.137 e. The molecule has 18 heavy (non-hydrogen) atoms. The molecule has 0 aromatic carbocycles. The molecule has 0 aliphatic heterocycles. The van der Waals surface area contributed by atoms with E-state index in [9.17, 15) is 0 Å². The molecule has 1 N–H and O–H groups in total. The Hall–Kier alpha value is -1.36. The fourth-order valence-corrected chi connectivity index (χ4v) is 1.94. The van der Waals surface area contributed by atoms with E-state index in [1.165, 1.54) is 0 Å². The third-order valence-electron chi connectivity index (χ3n) is 2.74. The Balaban J connectivity index is 2.96. The topological polar surface area (TPSA) is 50.3 Å². The number of nitrogens with zero attached hydrogens (tertiary/aromatic N) is 3. The van der Waals surface area contributed by atoms with E-state index in [-0.39, 0.29) is 0 Å². The lowest BCUT2D eigenvalue weighted by Crippen LogP contribution is -2.32. The first-order chi connectivity index (χ1) is 8.60.